The van der Waals surface area contributed by atoms with E-state index in [0.717, 1.165) is 11.8 Å². The summed E-state index contributed by atoms with van der Waals surface area (Å²) in [5.74, 6) is 0.0376. The number of hydrogen-bond donors (Lipinski definition) is 1. The Kier molecular flexibility index (Phi) is 4.85. The van der Waals surface area contributed by atoms with E-state index < -0.39 is 11.0 Å². The largest absolute Gasteiger partial charge is 0.495 e. The second-order valence-corrected chi connectivity index (χ2v) is 5.31. The summed E-state index contributed by atoms with van der Waals surface area (Å²) in [6, 6.07) is 2.57. The van der Waals surface area contributed by atoms with E-state index in [0.29, 0.717) is 16.5 Å². The average molecular weight is 339 g/mol. The lowest BCUT2D eigenvalue weighted by Crippen LogP contribution is -2.24. The van der Waals surface area contributed by atoms with Gasteiger partial charge < -0.3 is 10.1 Å². The number of methoxy groups -OCH3 is 1. The molecule has 1 heterocycles. The Labute approximate surface area is 137 Å². The molecule has 0 aliphatic carbocycles. The van der Waals surface area contributed by atoms with Crippen LogP contribution >= 0.6 is 11.6 Å². The lowest BCUT2D eigenvalue weighted by Gasteiger charge is -2.15. The smallest absolute Gasteiger partial charge is 0.307 e. The Hall–Kier alpha value is -2.61. The van der Waals surface area contributed by atoms with Crippen LogP contribution < -0.4 is 10.1 Å². The van der Waals surface area contributed by atoms with Gasteiger partial charge in [0.2, 0.25) is 5.91 Å². The van der Waals surface area contributed by atoms with Gasteiger partial charge in [-0.3, -0.25) is 19.6 Å². The highest BCUT2D eigenvalue weighted by atomic mass is 35.5. The average Bonchev–Trinajstić information content (AvgIpc) is 2.99. The summed E-state index contributed by atoms with van der Waals surface area (Å²) < 4.78 is 6.42. The zero-order valence-electron chi connectivity index (χ0n) is 12.7. The molecule has 23 heavy (non-hydrogen) atoms. The molecule has 1 aromatic heterocycles. The minimum atomic E-state index is -0.732. The molecule has 1 atom stereocenters. The molecule has 2 aromatic rings. The third-order valence-electron chi connectivity index (χ3n) is 3.31. The standard InChI is InChI=1S/C14H15ClN4O4/c1-8-4-12(13(23-3)5-11(8)15)17-14(20)9(2)18-7-10(6-16-18)19(21)22/h4-7,9H,1-3H3,(H,17,20)/t9-/m1/s1. The first kappa shape index (κ1) is 16.8. The molecule has 0 saturated carbocycles. The molecule has 0 fully saturated rings. The van der Waals surface area contributed by atoms with Gasteiger partial charge in [-0.2, -0.15) is 5.10 Å². The van der Waals surface area contributed by atoms with Crippen molar-refractivity contribution in [3.63, 3.8) is 0 Å². The Balaban J connectivity index is 2.21. The predicted octanol–water partition coefficient (Wildman–Crippen LogP) is 2.96. The van der Waals surface area contributed by atoms with Crippen LogP contribution in [0.5, 0.6) is 5.75 Å². The number of aromatic nitrogens is 2. The predicted molar refractivity (Wildman–Crippen MR) is 85.0 cm³/mol. The van der Waals surface area contributed by atoms with Crippen LogP contribution in [-0.4, -0.2) is 27.7 Å². The van der Waals surface area contributed by atoms with Gasteiger partial charge in [-0.1, -0.05) is 11.6 Å². The lowest BCUT2D eigenvalue weighted by atomic mass is 10.2. The number of halogens is 1. The molecule has 9 heteroatoms. The quantitative estimate of drug-likeness (QED) is 0.667. The molecule has 0 aliphatic rings. The van der Waals surface area contributed by atoms with Crippen molar-refractivity contribution in [2.75, 3.05) is 12.4 Å². The summed E-state index contributed by atoms with van der Waals surface area (Å²) in [4.78, 5) is 22.4. The number of carbonyl (C=O) groups excluding carboxylic acids is 1. The highest BCUT2D eigenvalue weighted by molar-refractivity contribution is 6.31. The number of rotatable bonds is 5. The van der Waals surface area contributed by atoms with Crippen LogP contribution in [0.2, 0.25) is 5.02 Å². The minimum absolute atomic E-state index is 0.176. The molecule has 0 radical (unpaired) electrons. The number of anilines is 1. The molecule has 0 spiro atoms. The monoisotopic (exact) mass is 338 g/mol. The van der Waals surface area contributed by atoms with Crippen molar-refractivity contribution in [3.8, 4) is 5.75 Å². The summed E-state index contributed by atoms with van der Waals surface area (Å²) in [6.45, 7) is 3.39. The molecule has 1 aromatic carbocycles. The van der Waals surface area contributed by atoms with Gasteiger partial charge in [0.25, 0.3) is 0 Å². The molecule has 8 nitrogen and oxygen atoms in total. The summed E-state index contributed by atoms with van der Waals surface area (Å²) in [5, 5.41) is 17.7. The van der Waals surface area contributed by atoms with Crippen molar-refractivity contribution in [1.29, 1.82) is 0 Å². The minimum Gasteiger partial charge on any atom is -0.495 e. The van der Waals surface area contributed by atoms with E-state index in [1.807, 2.05) is 0 Å². The number of carbonyl (C=O) groups is 1. The number of amides is 1. The zero-order valence-corrected chi connectivity index (χ0v) is 13.5. The third kappa shape index (κ3) is 3.59. The van der Waals surface area contributed by atoms with E-state index in [-0.39, 0.29) is 11.6 Å². The molecule has 1 N–H and O–H groups in total. The second kappa shape index (κ2) is 6.66. The van der Waals surface area contributed by atoms with Crippen LogP contribution in [0.4, 0.5) is 11.4 Å². The van der Waals surface area contributed by atoms with E-state index in [9.17, 15) is 14.9 Å². The van der Waals surface area contributed by atoms with E-state index in [4.69, 9.17) is 16.3 Å². The number of nitrogens with zero attached hydrogens (tertiary/aromatic N) is 3. The van der Waals surface area contributed by atoms with Crippen molar-refractivity contribution in [1.82, 2.24) is 9.78 Å². The van der Waals surface area contributed by atoms with Gasteiger partial charge in [-0.15, -0.1) is 0 Å². The van der Waals surface area contributed by atoms with Crippen LogP contribution in [0.3, 0.4) is 0 Å². The fourth-order valence-electron chi connectivity index (χ4n) is 1.92. The van der Waals surface area contributed by atoms with E-state index in [1.54, 1.807) is 26.0 Å². The molecule has 122 valence electrons. The van der Waals surface area contributed by atoms with Crippen LogP contribution in [0.25, 0.3) is 0 Å². The van der Waals surface area contributed by atoms with Crippen molar-refractivity contribution < 1.29 is 14.5 Å². The van der Waals surface area contributed by atoms with Gasteiger partial charge in [0.05, 0.1) is 17.7 Å². The SMILES string of the molecule is COc1cc(Cl)c(C)cc1NC(=O)[C@@H](C)n1cc([N+](=O)[O-])cn1. The van der Waals surface area contributed by atoms with Crippen LogP contribution in [-0.2, 0) is 4.79 Å². The summed E-state index contributed by atoms with van der Waals surface area (Å²) in [6.07, 6.45) is 2.30. The number of hydrogen-bond acceptors (Lipinski definition) is 5. The van der Waals surface area contributed by atoms with Gasteiger partial charge in [0.1, 0.15) is 24.2 Å². The molecule has 0 aliphatic heterocycles. The Morgan fingerprint density at radius 1 is 1.52 bits per heavy atom. The van der Waals surface area contributed by atoms with Gasteiger partial charge in [-0.25, -0.2) is 0 Å². The first-order chi connectivity index (χ1) is 10.8. The maximum Gasteiger partial charge on any atom is 0.307 e. The molecular formula is C14H15ClN4O4. The van der Waals surface area contributed by atoms with Crippen molar-refractivity contribution >= 4 is 28.9 Å². The number of nitrogens with one attached hydrogen (secondary N) is 1. The van der Waals surface area contributed by atoms with E-state index in [2.05, 4.69) is 10.4 Å². The normalized spacial score (nSPS) is 11.8. The Morgan fingerprint density at radius 3 is 2.78 bits per heavy atom. The fourth-order valence-corrected chi connectivity index (χ4v) is 2.07. The third-order valence-corrected chi connectivity index (χ3v) is 3.72. The molecule has 0 unspecified atom stereocenters. The van der Waals surface area contributed by atoms with Crippen LogP contribution in [0, 0.1) is 17.0 Å². The first-order valence-corrected chi connectivity index (χ1v) is 7.04. The molecule has 0 saturated heterocycles. The fraction of sp³-hybridized carbons (Fsp3) is 0.286. The molecule has 2 rings (SSSR count). The van der Waals surface area contributed by atoms with E-state index >= 15 is 0 Å². The summed E-state index contributed by atoms with van der Waals surface area (Å²) in [5.41, 5.74) is 1.07. The van der Waals surface area contributed by atoms with Gasteiger partial charge in [-0.05, 0) is 25.5 Å². The van der Waals surface area contributed by atoms with E-state index in [1.165, 1.54) is 18.0 Å². The van der Waals surface area contributed by atoms with Crippen molar-refractivity contribution in [2.45, 2.75) is 19.9 Å². The first-order valence-electron chi connectivity index (χ1n) is 6.67. The second-order valence-electron chi connectivity index (χ2n) is 4.90. The van der Waals surface area contributed by atoms with Crippen molar-refractivity contribution in [3.05, 3.63) is 45.2 Å². The maximum atomic E-state index is 12.3. The highest BCUT2D eigenvalue weighted by Crippen LogP contribution is 2.31. The number of benzene rings is 1. The molecular weight excluding hydrogens is 324 g/mol. The lowest BCUT2D eigenvalue weighted by molar-refractivity contribution is -0.385. The summed E-state index contributed by atoms with van der Waals surface area (Å²) >= 11 is 6.02. The van der Waals surface area contributed by atoms with Gasteiger partial charge in [0, 0.05) is 11.1 Å². The Morgan fingerprint density at radius 2 is 2.22 bits per heavy atom. The van der Waals surface area contributed by atoms with Crippen molar-refractivity contribution in [2.24, 2.45) is 0 Å². The Bertz CT molecular complexity index is 759. The topological polar surface area (TPSA) is 99.3 Å². The highest BCUT2D eigenvalue weighted by Gasteiger charge is 2.20. The number of nitro groups is 1. The zero-order chi connectivity index (χ0) is 17.1. The van der Waals surface area contributed by atoms with Gasteiger partial charge in [0.15, 0.2) is 0 Å². The molecule has 0 bridgehead atoms. The summed E-state index contributed by atoms with van der Waals surface area (Å²) in [7, 11) is 1.47. The number of ether oxygens (including phenoxy) is 1. The van der Waals surface area contributed by atoms with Crippen LogP contribution in [0.15, 0.2) is 24.5 Å². The maximum absolute atomic E-state index is 12.3. The van der Waals surface area contributed by atoms with Gasteiger partial charge >= 0.3 is 5.69 Å². The van der Waals surface area contributed by atoms with Crippen LogP contribution in [0.1, 0.15) is 18.5 Å². The number of aryl methyl sites for hydroxylation is 1. The molecule has 1 amide bonds.